The molecule has 12 aromatic rings. The molecule has 0 unspecified atom stereocenters. The molecular weight excluding hydrogens is 948 g/mol. The fourth-order valence-electron chi connectivity index (χ4n) is 10.4. The summed E-state index contributed by atoms with van der Waals surface area (Å²) in [7, 11) is 0. The van der Waals surface area contributed by atoms with Crippen molar-refractivity contribution < 1.29 is 13.2 Å². The molecule has 10 aromatic carbocycles. The van der Waals surface area contributed by atoms with Crippen molar-refractivity contribution in [1.29, 1.82) is 26.3 Å². The first-order valence-corrected chi connectivity index (χ1v) is 24.0. The molecule has 2 heterocycles. The second-order valence-corrected chi connectivity index (χ2v) is 18.4. The van der Waals surface area contributed by atoms with Gasteiger partial charge in [-0.15, -0.1) is 0 Å². The molecule has 12 rings (SSSR count). The number of fused-ring (bicyclic) bond motifs is 6. The van der Waals surface area contributed by atoms with E-state index >= 15 is 13.2 Å². The van der Waals surface area contributed by atoms with E-state index in [1.807, 2.05) is 120 Å². The molecule has 2 aromatic heterocycles. The fourth-order valence-corrected chi connectivity index (χ4v) is 10.4. The number of aromatic nitrogens is 2. The van der Waals surface area contributed by atoms with Crippen LogP contribution in [0.2, 0.25) is 0 Å². The van der Waals surface area contributed by atoms with E-state index in [9.17, 15) is 26.3 Å². The minimum Gasteiger partial charge on any atom is -0.309 e. The Bertz CT molecular complexity index is 4360. The molecule has 0 bridgehead atoms. The molecule has 0 atom stereocenters. The van der Waals surface area contributed by atoms with Crippen LogP contribution in [-0.2, 0) is 6.18 Å². The molecule has 0 aliphatic rings. The Hall–Kier alpha value is -11.0. The molecule has 0 aliphatic carbocycles. The van der Waals surface area contributed by atoms with Crippen LogP contribution in [0.3, 0.4) is 0 Å². The van der Waals surface area contributed by atoms with Gasteiger partial charge in [0.05, 0.1) is 97.2 Å². The largest absolute Gasteiger partial charge is 0.416 e. The number of alkyl halides is 3. The Morgan fingerprint density at radius 3 is 0.895 bits per heavy atom. The van der Waals surface area contributed by atoms with E-state index in [0.29, 0.717) is 55.7 Å². The number of halogens is 3. The maximum atomic E-state index is 15.2. The minimum atomic E-state index is -4.72. The molecule has 0 aliphatic heterocycles. The fraction of sp³-hybridized carbons (Fsp3) is 0.0152. The van der Waals surface area contributed by atoms with Crippen LogP contribution >= 0.6 is 0 Å². The van der Waals surface area contributed by atoms with Crippen LogP contribution in [0.25, 0.3) is 111 Å². The lowest BCUT2D eigenvalue weighted by molar-refractivity contribution is -0.137. The normalized spacial score (nSPS) is 11.3. The standard InChI is InChI=1S/C66H34F3N7/c67-66(68,69)53-22-23-54(65(34-53)76-63-27-20-51(47-14-5-42(37-72)6-15-47)32-58(63)59-33-52(21-28-64(59)76)48-16-7-43(38-73)8-17-48)55-29-44(39-74)9-24-60(55)75-61-25-18-49(45-10-1-40(35-70)2-11-45)30-56(61)57-31-50(19-26-62(57)75)46-12-3-41(36-71)4-13-46/h1-34H. The predicted molar refractivity (Wildman–Crippen MR) is 291 cm³/mol. The van der Waals surface area contributed by atoms with Gasteiger partial charge in [-0.3, -0.25) is 0 Å². The van der Waals surface area contributed by atoms with Crippen LogP contribution in [0.15, 0.2) is 206 Å². The number of nitriles is 5. The zero-order chi connectivity index (χ0) is 52.2. The van der Waals surface area contributed by atoms with Crippen molar-refractivity contribution in [2.45, 2.75) is 6.18 Å². The quantitative estimate of drug-likeness (QED) is 0.157. The van der Waals surface area contributed by atoms with E-state index in [-0.39, 0.29) is 5.69 Å². The highest BCUT2D eigenvalue weighted by Crippen LogP contribution is 2.45. The van der Waals surface area contributed by atoms with Crippen molar-refractivity contribution in [3.8, 4) is 97.4 Å². The van der Waals surface area contributed by atoms with Gasteiger partial charge in [-0.2, -0.15) is 39.5 Å². The van der Waals surface area contributed by atoms with Gasteiger partial charge in [-0.05, 0) is 172 Å². The second-order valence-electron chi connectivity index (χ2n) is 18.4. The summed E-state index contributed by atoms with van der Waals surface area (Å²) in [4.78, 5) is 0. The van der Waals surface area contributed by atoms with Crippen LogP contribution in [0, 0.1) is 56.7 Å². The van der Waals surface area contributed by atoms with Crippen LogP contribution in [0.5, 0.6) is 0 Å². The van der Waals surface area contributed by atoms with Crippen LogP contribution in [-0.4, -0.2) is 9.13 Å². The number of nitrogens with zero attached hydrogens (tertiary/aromatic N) is 7. The van der Waals surface area contributed by atoms with E-state index in [1.165, 1.54) is 12.1 Å². The van der Waals surface area contributed by atoms with Gasteiger partial charge < -0.3 is 9.13 Å². The smallest absolute Gasteiger partial charge is 0.309 e. The Kier molecular flexibility index (Phi) is 11.1. The molecular formula is C66H34F3N7. The average molecular weight is 982 g/mol. The SMILES string of the molecule is N#Cc1ccc(-c2ccc3c(c2)c2cc(-c4ccc(C#N)cc4)ccc2n3-c2ccc(C#N)cc2-c2ccc(C(F)(F)F)cc2-n2c3ccc(-c4ccc(C#N)cc4)cc3c3cc(-c4ccc(C#N)cc4)ccc32)cc1. The summed E-state index contributed by atoms with van der Waals surface area (Å²) in [6.45, 7) is 0. The molecule has 0 spiro atoms. The summed E-state index contributed by atoms with van der Waals surface area (Å²) >= 11 is 0. The zero-order valence-electron chi connectivity index (χ0n) is 39.9. The van der Waals surface area contributed by atoms with Crippen LogP contribution in [0.4, 0.5) is 13.2 Å². The Balaban J connectivity index is 1.13. The number of rotatable bonds is 7. The number of benzene rings is 10. The Morgan fingerprint density at radius 1 is 0.276 bits per heavy atom. The highest BCUT2D eigenvalue weighted by Gasteiger charge is 2.32. The summed E-state index contributed by atoms with van der Waals surface area (Å²) in [6, 6.07) is 73.1. The minimum absolute atomic E-state index is 0.232. The third-order valence-electron chi connectivity index (χ3n) is 14.1. The van der Waals surface area contributed by atoms with Gasteiger partial charge in [0, 0.05) is 32.7 Å². The number of hydrogen-bond acceptors (Lipinski definition) is 5. The van der Waals surface area contributed by atoms with E-state index in [0.717, 1.165) is 83.2 Å². The molecule has 0 fully saturated rings. The van der Waals surface area contributed by atoms with Crippen molar-refractivity contribution in [2.24, 2.45) is 0 Å². The molecule has 7 nitrogen and oxygen atoms in total. The topological polar surface area (TPSA) is 129 Å². The van der Waals surface area contributed by atoms with Crippen molar-refractivity contribution in [3.05, 3.63) is 240 Å². The monoisotopic (exact) mass is 981 g/mol. The lowest BCUT2D eigenvalue weighted by Gasteiger charge is -2.20. The van der Waals surface area contributed by atoms with E-state index < -0.39 is 11.7 Å². The lowest BCUT2D eigenvalue weighted by atomic mass is 9.96. The third kappa shape index (κ3) is 7.92. The van der Waals surface area contributed by atoms with E-state index in [1.54, 1.807) is 60.7 Å². The molecule has 0 saturated carbocycles. The predicted octanol–water partition coefficient (Wildman–Crippen LogP) is 16.6. The van der Waals surface area contributed by atoms with Crippen molar-refractivity contribution in [2.75, 3.05) is 0 Å². The van der Waals surface area contributed by atoms with Gasteiger partial charge in [0.25, 0.3) is 0 Å². The van der Waals surface area contributed by atoms with Crippen molar-refractivity contribution in [1.82, 2.24) is 9.13 Å². The summed E-state index contributed by atoms with van der Waals surface area (Å²) in [5, 5.41) is 52.0. The molecule has 76 heavy (non-hydrogen) atoms. The van der Waals surface area contributed by atoms with E-state index in [2.05, 4.69) is 47.0 Å². The molecule has 0 N–H and O–H groups in total. The van der Waals surface area contributed by atoms with Crippen molar-refractivity contribution >= 4 is 43.6 Å². The Labute approximate surface area is 433 Å². The van der Waals surface area contributed by atoms with Gasteiger partial charge in [-0.1, -0.05) is 78.9 Å². The molecule has 10 heteroatoms. The number of hydrogen-bond donors (Lipinski definition) is 0. The highest BCUT2D eigenvalue weighted by atomic mass is 19.4. The Morgan fingerprint density at radius 2 is 0.579 bits per heavy atom. The first-order valence-electron chi connectivity index (χ1n) is 24.0. The first-order chi connectivity index (χ1) is 37.0. The maximum absolute atomic E-state index is 15.2. The van der Waals surface area contributed by atoms with Gasteiger partial charge >= 0.3 is 6.18 Å². The molecule has 354 valence electrons. The van der Waals surface area contributed by atoms with Gasteiger partial charge in [0.2, 0.25) is 0 Å². The summed E-state index contributed by atoms with van der Waals surface area (Å²) < 4.78 is 49.5. The van der Waals surface area contributed by atoms with Gasteiger partial charge in [0.1, 0.15) is 0 Å². The summed E-state index contributed by atoms with van der Waals surface area (Å²) in [5.74, 6) is 0. The highest BCUT2D eigenvalue weighted by molar-refractivity contribution is 6.14. The van der Waals surface area contributed by atoms with Crippen LogP contribution in [0.1, 0.15) is 33.4 Å². The summed E-state index contributed by atoms with van der Waals surface area (Å²) in [6.07, 6.45) is -4.72. The third-order valence-corrected chi connectivity index (χ3v) is 14.1. The second kappa shape index (κ2) is 18.3. The summed E-state index contributed by atoms with van der Waals surface area (Å²) in [5.41, 5.74) is 13.2. The molecule has 0 amide bonds. The van der Waals surface area contributed by atoms with Gasteiger partial charge in [-0.25, -0.2) is 0 Å². The molecule has 0 saturated heterocycles. The maximum Gasteiger partial charge on any atom is 0.416 e. The van der Waals surface area contributed by atoms with E-state index in [4.69, 9.17) is 0 Å². The van der Waals surface area contributed by atoms with Crippen LogP contribution < -0.4 is 0 Å². The lowest BCUT2D eigenvalue weighted by Crippen LogP contribution is -2.08. The zero-order valence-corrected chi connectivity index (χ0v) is 39.9. The van der Waals surface area contributed by atoms with Gasteiger partial charge in [0.15, 0.2) is 0 Å². The first kappa shape index (κ1) is 46.1. The van der Waals surface area contributed by atoms with Crippen molar-refractivity contribution in [3.63, 3.8) is 0 Å². The molecule has 0 radical (unpaired) electrons. The average Bonchev–Trinajstić information content (AvgIpc) is 4.04.